The van der Waals surface area contributed by atoms with Gasteiger partial charge >= 0.3 is 0 Å². The van der Waals surface area contributed by atoms with Crippen molar-refractivity contribution < 1.29 is 0 Å². The molecule has 0 aliphatic heterocycles. The van der Waals surface area contributed by atoms with Crippen LogP contribution in [0.4, 0.5) is 10.9 Å². The molecule has 2 N–H and O–H groups in total. The molecule has 0 amide bonds. The largest absolute Gasteiger partial charge is 0.316 e. The van der Waals surface area contributed by atoms with Gasteiger partial charge in [0.1, 0.15) is 15.8 Å². The first-order valence-electron chi connectivity index (χ1n) is 5.58. The van der Waals surface area contributed by atoms with E-state index in [0.717, 1.165) is 22.8 Å². The summed E-state index contributed by atoms with van der Waals surface area (Å²) in [5.74, 6) is 0.754. The minimum atomic E-state index is 0.622. The Labute approximate surface area is 118 Å². The number of thiazole rings is 1. The summed E-state index contributed by atoms with van der Waals surface area (Å²) in [6, 6.07) is 5.77. The Morgan fingerprint density at radius 1 is 1.32 bits per heavy atom. The SMILES string of the molecule is Cc1cccc(Nc2nc(-c3cn[nH]c3)c(Cl)s2)n1. The quantitative estimate of drug-likeness (QED) is 0.773. The van der Waals surface area contributed by atoms with E-state index < -0.39 is 0 Å². The highest BCUT2D eigenvalue weighted by molar-refractivity contribution is 7.20. The lowest BCUT2D eigenvalue weighted by Crippen LogP contribution is -1.93. The van der Waals surface area contributed by atoms with Gasteiger partial charge in [-0.3, -0.25) is 5.10 Å². The average Bonchev–Trinajstić information content (AvgIpc) is 2.98. The van der Waals surface area contributed by atoms with E-state index in [1.165, 1.54) is 11.3 Å². The normalized spacial score (nSPS) is 10.6. The first-order valence-corrected chi connectivity index (χ1v) is 6.78. The van der Waals surface area contributed by atoms with Crippen LogP contribution in [0.1, 0.15) is 5.69 Å². The smallest absolute Gasteiger partial charge is 0.190 e. The lowest BCUT2D eigenvalue weighted by molar-refractivity contribution is 1.09. The molecular weight excluding hydrogens is 282 g/mol. The van der Waals surface area contributed by atoms with Gasteiger partial charge in [0, 0.05) is 17.5 Å². The van der Waals surface area contributed by atoms with Gasteiger partial charge in [-0.15, -0.1) is 0 Å². The van der Waals surface area contributed by atoms with Crippen molar-refractivity contribution in [2.24, 2.45) is 0 Å². The van der Waals surface area contributed by atoms with E-state index in [1.807, 2.05) is 25.1 Å². The molecule has 5 nitrogen and oxygen atoms in total. The minimum Gasteiger partial charge on any atom is -0.316 e. The summed E-state index contributed by atoms with van der Waals surface area (Å²) in [5.41, 5.74) is 2.53. The topological polar surface area (TPSA) is 66.5 Å². The van der Waals surface area contributed by atoms with Crippen molar-refractivity contribution in [2.45, 2.75) is 6.92 Å². The molecule has 3 aromatic rings. The number of halogens is 1. The molecular formula is C12H10ClN5S. The maximum Gasteiger partial charge on any atom is 0.190 e. The van der Waals surface area contributed by atoms with Crippen molar-refractivity contribution >= 4 is 33.9 Å². The van der Waals surface area contributed by atoms with E-state index in [1.54, 1.807) is 12.4 Å². The molecule has 0 spiro atoms. The molecule has 0 unspecified atom stereocenters. The van der Waals surface area contributed by atoms with Gasteiger partial charge in [-0.1, -0.05) is 29.0 Å². The van der Waals surface area contributed by atoms with Crippen LogP contribution in [-0.2, 0) is 0 Å². The van der Waals surface area contributed by atoms with E-state index in [9.17, 15) is 0 Å². The summed E-state index contributed by atoms with van der Waals surface area (Å²) in [7, 11) is 0. The van der Waals surface area contributed by atoms with Crippen LogP contribution in [0.3, 0.4) is 0 Å². The zero-order chi connectivity index (χ0) is 13.2. The van der Waals surface area contributed by atoms with Crippen LogP contribution in [0.15, 0.2) is 30.6 Å². The molecule has 0 fully saturated rings. The van der Waals surface area contributed by atoms with E-state index in [-0.39, 0.29) is 0 Å². The second kappa shape index (κ2) is 4.99. The number of H-pyrrole nitrogens is 1. The first-order chi connectivity index (χ1) is 9.22. The van der Waals surface area contributed by atoms with Crippen LogP contribution < -0.4 is 5.32 Å². The number of aryl methyl sites for hydroxylation is 1. The van der Waals surface area contributed by atoms with Crippen molar-refractivity contribution in [3.05, 3.63) is 40.6 Å². The number of hydrogen-bond acceptors (Lipinski definition) is 5. The third-order valence-corrected chi connectivity index (χ3v) is 3.65. The molecule has 96 valence electrons. The second-order valence-electron chi connectivity index (χ2n) is 3.92. The van der Waals surface area contributed by atoms with Crippen molar-refractivity contribution in [1.29, 1.82) is 0 Å². The van der Waals surface area contributed by atoms with Crippen LogP contribution in [0.5, 0.6) is 0 Å². The number of rotatable bonds is 3. The molecule has 7 heteroatoms. The fourth-order valence-electron chi connectivity index (χ4n) is 1.64. The van der Waals surface area contributed by atoms with Gasteiger partial charge < -0.3 is 5.32 Å². The van der Waals surface area contributed by atoms with Crippen LogP contribution in [-0.4, -0.2) is 20.2 Å². The second-order valence-corrected chi connectivity index (χ2v) is 5.52. The van der Waals surface area contributed by atoms with Crippen molar-refractivity contribution in [3.8, 4) is 11.3 Å². The van der Waals surface area contributed by atoms with Gasteiger partial charge in [0.25, 0.3) is 0 Å². The van der Waals surface area contributed by atoms with E-state index >= 15 is 0 Å². The highest BCUT2D eigenvalue weighted by Gasteiger charge is 2.12. The molecule has 0 saturated heterocycles. The molecule has 0 radical (unpaired) electrons. The van der Waals surface area contributed by atoms with Gasteiger partial charge in [0.2, 0.25) is 0 Å². The molecule has 3 aromatic heterocycles. The Hall–Kier alpha value is -1.92. The zero-order valence-electron chi connectivity index (χ0n) is 10.0. The number of hydrogen-bond donors (Lipinski definition) is 2. The number of nitrogens with one attached hydrogen (secondary N) is 2. The van der Waals surface area contributed by atoms with Gasteiger partial charge in [-0.25, -0.2) is 9.97 Å². The molecule has 0 aliphatic rings. The monoisotopic (exact) mass is 291 g/mol. The summed E-state index contributed by atoms with van der Waals surface area (Å²) in [4.78, 5) is 8.82. The molecule has 0 aromatic carbocycles. The standard InChI is InChI=1S/C12H10ClN5S/c1-7-3-2-4-9(16-7)17-12-18-10(11(13)19-12)8-5-14-15-6-8/h2-6H,1H3,(H,14,15)(H,16,17,18). The van der Waals surface area contributed by atoms with Crippen molar-refractivity contribution in [1.82, 2.24) is 20.2 Å². The Kier molecular flexibility index (Phi) is 3.18. The fraction of sp³-hybridized carbons (Fsp3) is 0.0833. The molecule has 19 heavy (non-hydrogen) atoms. The van der Waals surface area contributed by atoms with Gasteiger partial charge in [0.15, 0.2) is 5.13 Å². The molecule has 3 rings (SSSR count). The summed E-state index contributed by atoms with van der Waals surface area (Å²) < 4.78 is 0.622. The van der Waals surface area contributed by atoms with E-state index in [4.69, 9.17) is 11.6 Å². The van der Waals surface area contributed by atoms with E-state index in [2.05, 4.69) is 25.5 Å². The van der Waals surface area contributed by atoms with Crippen molar-refractivity contribution in [2.75, 3.05) is 5.32 Å². The third-order valence-electron chi connectivity index (χ3n) is 2.48. The number of nitrogens with zero attached hydrogens (tertiary/aromatic N) is 3. The zero-order valence-corrected chi connectivity index (χ0v) is 11.6. The molecule has 0 atom stereocenters. The predicted octanol–water partition coefficient (Wildman–Crippen LogP) is 3.63. The predicted molar refractivity (Wildman–Crippen MR) is 77.0 cm³/mol. The lowest BCUT2D eigenvalue weighted by atomic mass is 10.3. The fourth-order valence-corrected chi connectivity index (χ4v) is 2.73. The van der Waals surface area contributed by atoms with Gasteiger partial charge in [-0.2, -0.15) is 5.10 Å². The summed E-state index contributed by atoms with van der Waals surface area (Å²) in [6.45, 7) is 1.94. The van der Waals surface area contributed by atoms with E-state index in [0.29, 0.717) is 9.47 Å². The Morgan fingerprint density at radius 3 is 2.95 bits per heavy atom. The first kappa shape index (κ1) is 12.1. The number of pyridine rings is 1. The number of aromatic amines is 1. The highest BCUT2D eigenvalue weighted by atomic mass is 35.5. The van der Waals surface area contributed by atoms with Gasteiger partial charge in [-0.05, 0) is 19.1 Å². The maximum absolute atomic E-state index is 6.19. The number of anilines is 2. The van der Waals surface area contributed by atoms with Crippen LogP contribution in [0.25, 0.3) is 11.3 Å². The van der Waals surface area contributed by atoms with Crippen LogP contribution in [0.2, 0.25) is 4.34 Å². The van der Waals surface area contributed by atoms with Crippen molar-refractivity contribution in [3.63, 3.8) is 0 Å². The maximum atomic E-state index is 6.19. The van der Waals surface area contributed by atoms with Crippen LogP contribution >= 0.6 is 22.9 Å². The minimum absolute atomic E-state index is 0.622. The number of aromatic nitrogens is 4. The van der Waals surface area contributed by atoms with Crippen LogP contribution in [0, 0.1) is 6.92 Å². The molecule has 3 heterocycles. The molecule has 0 aliphatic carbocycles. The Bertz CT molecular complexity index is 692. The molecule has 0 bridgehead atoms. The molecule has 0 saturated carbocycles. The summed E-state index contributed by atoms with van der Waals surface area (Å²) in [6.07, 6.45) is 3.45. The average molecular weight is 292 g/mol. The summed E-state index contributed by atoms with van der Waals surface area (Å²) >= 11 is 7.56. The highest BCUT2D eigenvalue weighted by Crippen LogP contribution is 2.35. The Balaban J connectivity index is 1.89. The summed E-state index contributed by atoms with van der Waals surface area (Å²) in [5, 5.41) is 10.5. The van der Waals surface area contributed by atoms with Gasteiger partial charge in [0.05, 0.1) is 6.20 Å². The third kappa shape index (κ3) is 2.59. The lowest BCUT2D eigenvalue weighted by Gasteiger charge is -2.01. The Morgan fingerprint density at radius 2 is 2.21 bits per heavy atom.